The van der Waals surface area contributed by atoms with Gasteiger partial charge in [-0.3, -0.25) is 14.6 Å². The summed E-state index contributed by atoms with van der Waals surface area (Å²) in [6.45, 7) is 6.63. The topological polar surface area (TPSA) is 61.6 Å². The molecule has 128 valence electrons. The smallest absolute Gasteiger partial charge is 0.238 e. The van der Waals surface area contributed by atoms with E-state index in [0.717, 1.165) is 49.9 Å². The highest BCUT2D eigenvalue weighted by Crippen LogP contribution is 2.15. The molecule has 1 saturated heterocycles. The molecule has 1 aromatic carbocycles. The van der Waals surface area contributed by atoms with Crippen LogP contribution in [0.3, 0.4) is 0 Å². The Morgan fingerprint density at radius 3 is 2.67 bits per heavy atom. The van der Waals surface area contributed by atoms with Crippen molar-refractivity contribution < 1.29 is 9.32 Å². The van der Waals surface area contributed by atoms with E-state index in [1.807, 2.05) is 25.1 Å². The van der Waals surface area contributed by atoms with Gasteiger partial charge in [-0.05, 0) is 25.1 Å². The van der Waals surface area contributed by atoms with E-state index in [1.165, 1.54) is 0 Å². The van der Waals surface area contributed by atoms with Crippen molar-refractivity contribution in [2.24, 2.45) is 0 Å². The van der Waals surface area contributed by atoms with Crippen LogP contribution in [-0.4, -0.2) is 53.6 Å². The Labute approximate surface area is 146 Å². The largest absolute Gasteiger partial charge is 0.361 e. The van der Waals surface area contributed by atoms with Crippen LogP contribution in [0.15, 0.2) is 34.9 Å². The first-order valence-electron chi connectivity index (χ1n) is 8.01. The number of aromatic nitrogens is 1. The summed E-state index contributed by atoms with van der Waals surface area (Å²) < 4.78 is 5.10. The quantitative estimate of drug-likeness (QED) is 0.899. The van der Waals surface area contributed by atoms with Gasteiger partial charge in [-0.2, -0.15) is 0 Å². The number of carbonyl (C=O) groups is 1. The molecule has 1 aliphatic rings. The number of rotatable bonds is 5. The third-order valence-corrected chi connectivity index (χ3v) is 4.24. The number of anilines is 1. The molecular formula is C17H21ClN4O2. The Balaban J connectivity index is 1.42. The number of aryl methyl sites for hydroxylation is 1. The molecule has 0 bridgehead atoms. The molecule has 1 N–H and O–H groups in total. The molecule has 3 rings (SSSR count). The number of nitrogens with one attached hydrogen (secondary N) is 1. The average Bonchev–Trinajstić information content (AvgIpc) is 2.94. The minimum atomic E-state index is -0.0159. The normalized spacial score (nSPS) is 16.2. The lowest BCUT2D eigenvalue weighted by Gasteiger charge is -2.33. The maximum absolute atomic E-state index is 12.1. The molecule has 0 spiro atoms. The summed E-state index contributed by atoms with van der Waals surface area (Å²) in [6.07, 6.45) is 0. The fraction of sp³-hybridized carbons (Fsp3) is 0.412. The molecule has 1 aromatic heterocycles. The van der Waals surface area contributed by atoms with Gasteiger partial charge < -0.3 is 9.84 Å². The Kier molecular flexibility index (Phi) is 5.50. The number of hydrogen-bond acceptors (Lipinski definition) is 5. The SMILES string of the molecule is Cc1cc(CN2CCN(CC(=O)Nc3cccc(Cl)c3)CC2)no1. The lowest BCUT2D eigenvalue weighted by atomic mass is 10.2. The van der Waals surface area contributed by atoms with Gasteiger partial charge in [0.1, 0.15) is 5.76 Å². The van der Waals surface area contributed by atoms with Crippen LogP contribution in [0.4, 0.5) is 5.69 Å². The maximum atomic E-state index is 12.1. The van der Waals surface area contributed by atoms with E-state index >= 15 is 0 Å². The van der Waals surface area contributed by atoms with Crippen LogP contribution >= 0.6 is 11.6 Å². The van der Waals surface area contributed by atoms with E-state index in [0.29, 0.717) is 11.6 Å². The summed E-state index contributed by atoms with van der Waals surface area (Å²) in [5.74, 6) is 0.819. The number of nitrogens with zero attached hydrogens (tertiary/aromatic N) is 3. The fourth-order valence-corrected chi connectivity index (χ4v) is 2.99. The van der Waals surface area contributed by atoms with E-state index in [9.17, 15) is 4.79 Å². The molecule has 0 aliphatic carbocycles. The van der Waals surface area contributed by atoms with Gasteiger partial charge in [-0.15, -0.1) is 0 Å². The van der Waals surface area contributed by atoms with Gasteiger partial charge in [-0.25, -0.2) is 0 Å². The number of benzene rings is 1. The first-order chi connectivity index (χ1) is 11.6. The Morgan fingerprint density at radius 1 is 1.25 bits per heavy atom. The third-order valence-electron chi connectivity index (χ3n) is 4.00. The van der Waals surface area contributed by atoms with Crippen molar-refractivity contribution >= 4 is 23.2 Å². The van der Waals surface area contributed by atoms with Crippen LogP contribution in [0.1, 0.15) is 11.5 Å². The summed E-state index contributed by atoms with van der Waals surface area (Å²) in [7, 11) is 0. The highest BCUT2D eigenvalue weighted by atomic mass is 35.5. The minimum absolute atomic E-state index is 0.0159. The lowest BCUT2D eigenvalue weighted by molar-refractivity contribution is -0.117. The van der Waals surface area contributed by atoms with Crippen molar-refractivity contribution in [3.8, 4) is 0 Å². The van der Waals surface area contributed by atoms with Gasteiger partial charge in [0, 0.05) is 49.5 Å². The average molecular weight is 349 g/mol. The monoisotopic (exact) mass is 348 g/mol. The van der Waals surface area contributed by atoms with E-state index in [1.54, 1.807) is 12.1 Å². The van der Waals surface area contributed by atoms with Gasteiger partial charge in [0.2, 0.25) is 5.91 Å². The Hall–Kier alpha value is -1.89. The molecule has 7 heteroatoms. The number of carbonyl (C=O) groups excluding carboxylic acids is 1. The van der Waals surface area contributed by atoms with Crippen LogP contribution in [-0.2, 0) is 11.3 Å². The molecule has 1 fully saturated rings. The summed E-state index contributed by atoms with van der Waals surface area (Å²) in [6, 6.07) is 9.15. The highest BCUT2D eigenvalue weighted by Gasteiger charge is 2.20. The zero-order chi connectivity index (χ0) is 16.9. The first-order valence-corrected chi connectivity index (χ1v) is 8.38. The summed E-state index contributed by atoms with van der Waals surface area (Å²) >= 11 is 5.93. The van der Waals surface area contributed by atoms with Gasteiger partial charge in [-0.1, -0.05) is 22.8 Å². The van der Waals surface area contributed by atoms with Gasteiger partial charge in [0.25, 0.3) is 0 Å². The van der Waals surface area contributed by atoms with Crippen molar-refractivity contribution in [3.63, 3.8) is 0 Å². The molecule has 1 amide bonds. The van der Waals surface area contributed by atoms with Crippen LogP contribution < -0.4 is 5.32 Å². The molecule has 24 heavy (non-hydrogen) atoms. The second-order valence-electron chi connectivity index (χ2n) is 6.04. The van der Waals surface area contributed by atoms with E-state index in [-0.39, 0.29) is 5.91 Å². The molecule has 1 aliphatic heterocycles. The Morgan fingerprint density at radius 2 is 2.00 bits per heavy atom. The molecule has 6 nitrogen and oxygen atoms in total. The van der Waals surface area contributed by atoms with Gasteiger partial charge in [0.15, 0.2) is 0 Å². The molecule has 0 radical (unpaired) electrons. The maximum Gasteiger partial charge on any atom is 0.238 e. The predicted molar refractivity (Wildman–Crippen MR) is 93.0 cm³/mol. The summed E-state index contributed by atoms with van der Waals surface area (Å²) in [5, 5.41) is 7.52. The van der Waals surface area contributed by atoms with Crippen molar-refractivity contribution in [1.29, 1.82) is 0 Å². The highest BCUT2D eigenvalue weighted by molar-refractivity contribution is 6.30. The second-order valence-corrected chi connectivity index (χ2v) is 6.48. The third kappa shape index (κ3) is 4.80. The molecule has 0 atom stereocenters. The fourth-order valence-electron chi connectivity index (χ4n) is 2.80. The number of piperazine rings is 1. The molecule has 2 heterocycles. The minimum Gasteiger partial charge on any atom is -0.361 e. The van der Waals surface area contributed by atoms with Crippen LogP contribution in [0, 0.1) is 6.92 Å². The number of amides is 1. The Bertz CT molecular complexity index is 695. The summed E-state index contributed by atoms with van der Waals surface area (Å²) in [5.41, 5.74) is 1.69. The van der Waals surface area contributed by atoms with Gasteiger partial charge in [0.05, 0.1) is 12.2 Å². The van der Waals surface area contributed by atoms with Crippen LogP contribution in [0.25, 0.3) is 0 Å². The second kappa shape index (κ2) is 7.79. The first kappa shape index (κ1) is 17.0. The van der Waals surface area contributed by atoms with E-state index < -0.39 is 0 Å². The van der Waals surface area contributed by atoms with Crippen molar-refractivity contribution in [3.05, 3.63) is 46.8 Å². The molecular weight excluding hydrogens is 328 g/mol. The van der Waals surface area contributed by atoms with Gasteiger partial charge >= 0.3 is 0 Å². The van der Waals surface area contributed by atoms with Crippen LogP contribution in [0.2, 0.25) is 5.02 Å². The van der Waals surface area contributed by atoms with E-state index in [4.69, 9.17) is 16.1 Å². The molecule has 0 unspecified atom stereocenters. The predicted octanol–water partition coefficient (Wildman–Crippen LogP) is 2.39. The zero-order valence-electron chi connectivity index (χ0n) is 13.7. The zero-order valence-corrected chi connectivity index (χ0v) is 14.4. The molecule has 0 saturated carbocycles. The number of halogens is 1. The lowest BCUT2D eigenvalue weighted by Crippen LogP contribution is -2.48. The standard InChI is InChI=1S/C17H21ClN4O2/c1-13-9-16(20-24-13)11-21-5-7-22(8-6-21)12-17(23)19-15-4-2-3-14(18)10-15/h2-4,9-10H,5-8,11-12H2,1H3,(H,19,23). The van der Waals surface area contributed by atoms with E-state index in [2.05, 4.69) is 20.3 Å². The van der Waals surface area contributed by atoms with Crippen molar-refractivity contribution in [2.75, 3.05) is 38.0 Å². The van der Waals surface area contributed by atoms with Crippen molar-refractivity contribution in [1.82, 2.24) is 15.0 Å². The van der Waals surface area contributed by atoms with Crippen molar-refractivity contribution in [2.45, 2.75) is 13.5 Å². The molecule has 2 aromatic rings. The summed E-state index contributed by atoms with van der Waals surface area (Å²) in [4.78, 5) is 16.6. The number of hydrogen-bond donors (Lipinski definition) is 1. The van der Waals surface area contributed by atoms with Crippen LogP contribution in [0.5, 0.6) is 0 Å².